The zero-order chi connectivity index (χ0) is 9.52. The summed E-state index contributed by atoms with van der Waals surface area (Å²) in [6.45, 7) is 3.85. The van der Waals surface area contributed by atoms with Crippen LogP contribution in [-0.4, -0.2) is 11.5 Å². The van der Waals surface area contributed by atoms with Crippen LogP contribution in [-0.2, 0) is 6.54 Å². The van der Waals surface area contributed by atoms with Crippen LogP contribution in [0.15, 0.2) is 5.38 Å². The molecule has 2 nitrogen and oxygen atoms in total. The van der Waals surface area contributed by atoms with Gasteiger partial charge in [-0.05, 0) is 19.9 Å². The number of terminal acetylenes is 1. The minimum Gasteiger partial charge on any atom is -0.311 e. The van der Waals surface area contributed by atoms with Crippen molar-refractivity contribution in [3.63, 3.8) is 0 Å². The molecule has 13 heavy (non-hydrogen) atoms. The molecule has 1 aromatic heterocycles. The van der Waals surface area contributed by atoms with Gasteiger partial charge in [0.1, 0.15) is 0 Å². The molecule has 1 N–H and O–H groups in total. The molecule has 0 aliphatic heterocycles. The Morgan fingerprint density at radius 1 is 1.69 bits per heavy atom. The summed E-state index contributed by atoms with van der Waals surface area (Å²) >= 11 is 1.69. The predicted octanol–water partition coefficient (Wildman–Crippen LogP) is 1.95. The lowest BCUT2D eigenvalue weighted by atomic mass is 10.3. The molecule has 1 aromatic rings. The van der Waals surface area contributed by atoms with Crippen LogP contribution >= 0.6 is 11.3 Å². The predicted molar refractivity (Wildman–Crippen MR) is 56.6 cm³/mol. The van der Waals surface area contributed by atoms with Gasteiger partial charge in [-0.15, -0.1) is 23.7 Å². The fraction of sp³-hybridized carbons (Fsp3) is 0.500. The molecule has 0 aliphatic carbocycles. The van der Waals surface area contributed by atoms with Crippen molar-refractivity contribution in [2.45, 2.75) is 26.3 Å². The second-order valence-corrected chi connectivity index (χ2v) is 3.90. The Kier molecular flexibility index (Phi) is 4.52. The van der Waals surface area contributed by atoms with Crippen molar-refractivity contribution in [3.05, 3.63) is 16.1 Å². The first-order valence-corrected chi connectivity index (χ1v) is 5.26. The summed E-state index contributed by atoms with van der Waals surface area (Å²) in [7, 11) is 0. The second-order valence-electron chi connectivity index (χ2n) is 2.84. The minimum atomic E-state index is 0.850. The maximum Gasteiger partial charge on any atom is 0.0897 e. The number of aryl methyl sites for hydroxylation is 1. The first kappa shape index (κ1) is 10.2. The highest BCUT2D eigenvalue weighted by atomic mass is 32.1. The third-order valence-electron chi connectivity index (χ3n) is 1.65. The van der Waals surface area contributed by atoms with E-state index in [-0.39, 0.29) is 0 Å². The summed E-state index contributed by atoms with van der Waals surface area (Å²) in [5, 5.41) is 6.51. The van der Waals surface area contributed by atoms with Crippen LogP contribution in [0.5, 0.6) is 0 Å². The van der Waals surface area contributed by atoms with E-state index in [0.717, 1.165) is 36.6 Å². The molecule has 0 bridgehead atoms. The lowest BCUT2D eigenvalue weighted by Crippen LogP contribution is -2.14. The normalized spacial score (nSPS) is 9.85. The Labute approximate surface area is 83.4 Å². The summed E-state index contributed by atoms with van der Waals surface area (Å²) in [4.78, 5) is 4.34. The molecule has 1 rings (SSSR count). The van der Waals surface area contributed by atoms with Gasteiger partial charge in [0.25, 0.3) is 0 Å². The molecular formula is C10H14N2S. The fourth-order valence-electron chi connectivity index (χ4n) is 1.02. The SMILES string of the molecule is C#CCCCNCc1csc(C)n1. The van der Waals surface area contributed by atoms with Crippen molar-refractivity contribution in [1.82, 2.24) is 10.3 Å². The van der Waals surface area contributed by atoms with E-state index in [1.54, 1.807) is 11.3 Å². The number of aromatic nitrogens is 1. The molecule has 70 valence electrons. The maximum atomic E-state index is 5.14. The van der Waals surface area contributed by atoms with E-state index >= 15 is 0 Å². The zero-order valence-corrected chi connectivity index (χ0v) is 8.66. The van der Waals surface area contributed by atoms with Gasteiger partial charge >= 0.3 is 0 Å². The van der Waals surface area contributed by atoms with Gasteiger partial charge in [0.2, 0.25) is 0 Å². The average molecular weight is 194 g/mol. The van der Waals surface area contributed by atoms with Gasteiger partial charge in [-0.1, -0.05) is 0 Å². The van der Waals surface area contributed by atoms with Crippen LogP contribution in [0.3, 0.4) is 0 Å². The maximum absolute atomic E-state index is 5.14. The number of nitrogens with one attached hydrogen (secondary N) is 1. The molecule has 1 heterocycles. The third kappa shape index (κ3) is 4.07. The quantitative estimate of drug-likeness (QED) is 0.572. The van der Waals surface area contributed by atoms with Gasteiger partial charge in [-0.2, -0.15) is 0 Å². The Balaban J connectivity index is 2.10. The van der Waals surface area contributed by atoms with E-state index in [1.165, 1.54) is 0 Å². The molecule has 0 spiro atoms. The van der Waals surface area contributed by atoms with Crippen LogP contribution in [0.2, 0.25) is 0 Å². The Morgan fingerprint density at radius 3 is 3.15 bits per heavy atom. The van der Waals surface area contributed by atoms with Gasteiger partial charge in [-0.3, -0.25) is 0 Å². The molecule has 0 aliphatic rings. The van der Waals surface area contributed by atoms with Crippen LogP contribution in [0.1, 0.15) is 23.5 Å². The molecule has 0 atom stereocenters. The highest BCUT2D eigenvalue weighted by Gasteiger charge is 1.96. The molecule has 0 radical (unpaired) electrons. The van der Waals surface area contributed by atoms with E-state index in [2.05, 4.69) is 21.6 Å². The molecule has 0 aromatic carbocycles. The van der Waals surface area contributed by atoms with Crippen molar-refractivity contribution in [1.29, 1.82) is 0 Å². The summed E-state index contributed by atoms with van der Waals surface area (Å²) < 4.78 is 0. The lowest BCUT2D eigenvalue weighted by molar-refractivity contribution is 0.651. The van der Waals surface area contributed by atoms with Gasteiger partial charge in [0, 0.05) is 18.3 Å². The highest BCUT2D eigenvalue weighted by molar-refractivity contribution is 7.09. The van der Waals surface area contributed by atoms with E-state index in [0.29, 0.717) is 0 Å². The number of hydrogen-bond acceptors (Lipinski definition) is 3. The minimum absolute atomic E-state index is 0.850. The van der Waals surface area contributed by atoms with Crippen LogP contribution in [0.25, 0.3) is 0 Å². The van der Waals surface area contributed by atoms with Crippen molar-refractivity contribution in [3.8, 4) is 12.3 Å². The molecule has 0 unspecified atom stereocenters. The van der Waals surface area contributed by atoms with Gasteiger partial charge < -0.3 is 5.32 Å². The second kappa shape index (κ2) is 5.74. The highest BCUT2D eigenvalue weighted by Crippen LogP contribution is 2.06. The smallest absolute Gasteiger partial charge is 0.0897 e. The first-order chi connectivity index (χ1) is 6.33. The number of nitrogens with zero attached hydrogens (tertiary/aromatic N) is 1. The third-order valence-corrected chi connectivity index (χ3v) is 2.47. The Morgan fingerprint density at radius 2 is 2.54 bits per heavy atom. The van der Waals surface area contributed by atoms with E-state index in [1.807, 2.05) is 6.92 Å². The summed E-state index contributed by atoms with van der Waals surface area (Å²) in [6, 6.07) is 0. The largest absolute Gasteiger partial charge is 0.311 e. The number of rotatable bonds is 5. The van der Waals surface area contributed by atoms with Gasteiger partial charge in [0.15, 0.2) is 0 Å². The molecular weight excluding hydrogens is 180 g/mol. The molecule has 0 saturated heterocycles. The number of thiazole rings is 1. The topological polar surface area (TPSA) is 24.9 Å². The average Bonchev–Trinajstić information content (AvgIpc) is 2.51. The van der Waals surface area contributed by atoms with Crippen LogP contribution in [0.4, 0.5) is 0 Å². The number of hydrogen-bond donors (Lipinski definition) is 1. The van der Waals surface area contributed by atoms with Crippen molar-refractivity contribution in [2.75, 3.05) is 6.54 Å². The van der Waals surface area contributed by atoms with E-state index < -0.39 is 0 Å². The molecule has 3 heteroatoms. The first-order valence-electron chi connectivity index (χ1n) is 4.38. The lowest BCUT2D eigenvalue weighted by Gasteiger charge is -1.99. The van der Waals surface area contributed by atoms with Crippen molar-refractivity contribution < 1.29 is 0 Å². The van der Waals surface area contributed by atoms with Gasteiger partial charge in [-0.25, -0.2) is 4.98 Å². The monoisotopic (exact) mass is 194 g/mol. The summed E-state index contributed by atoms with van der Waals surface area (Å²) in [5.41, 5.74) is 1.13. The van der Waals surface area contributed by atoms with E-state index in [9.17, 15) is 0 Å². The molecule has 0 fully saturated rings. The Hall–Kier alpha value is -0.850. The molecule has 0 amide bonds. The zero-order valence-electron chi connectivity index (χ0n) is 7.84. The van der Waals surface area contributed by atoms with Crippen LogP contribution < -0.4 is 5.32 Å². The van der Waals surface area contributed by atoms with Crippen molar-refractivity contribution >= 4 is 11.3 Å². The fourth-order valence-corrected chi connectivity index (χ4v) is 1.63. The summed E-state index contributed by atoms with van der Waals surface area (Å²) in [5.74, 6) is 2.62. The van der Waals surface area contributed by atoms with Crippen LogP contribution in [0, 0.1) is 19.3 Å². The molecule has 0 saturated carbocycles. The van der Waals surface area contributed by atoms with Crippen molar-refractivity contribution in [2.24, 2.45) is 0 Å². The number of unbranched alkanes of at least 4 members (excludes halogenated alkanes) is 1. The summed E-state index contributed by atoms with van der Waals surface area (Å²) in [6.07, 6.45) is 7.03. The standard InChI is InChI=1S/C10H14N2S/c1-3-4-5-6-11-7-10-8-13-9(2)12-10/h1,8,11H,4-7H2,2H3. The Bertz CT molecular complexity index is 285. The van der Waals surface area contributed by atoms with Gasteiger partial charge in [0.05, 0.1) is 10.7 Å². The van der Waals surface area contributed by atoms with E-state index in [4.69, 9.17) is 6.42 Å².